The fourth-order valence-corrected chi connectivity index (χ4v) is 4.03. The van der Waals surface area contributed by atoms with Gasteiger partial charge in [-0.25, -0.2) is 18.7 Å². The van der Waals surface area contributed by atoms with E-state index in [1.54, 1.807) is 6.08 Å². The van der Waals surface area contributed by atoms with Crippen LogP contribution in [0.5, 0.6) is 11.6 Å². The number of rotatable bonds is 7. The molecule has 2 amide bonds. The number of carbonyl (C=O) groups is 2. The van der Waals surface area contributed by atoms with Gasteiger partial charge in [0.1, 0.15) is 5.56 Å². The number of thiazole rings is 1. The molecule has 4 N–H and O–H groups in total. The molecule has 1 atom stereocenters. The molecule has 1 aliphatic rings. The Labute approximate surface area is 197 Å². The first-order chi connectivity index (χ1) is 16.3. The number of dihydropyridines is 1. The summed E-state index contributed by atoms with van der Waals surface area (Å²) in [5, 5.41) is 5.64. The van der Waals surface area contributed by atoms with Crippen molar-refractivity contribution >= 4 is 33.9 Å². The first-order valence-corrected chi connectivity index (χ1v) is 10.9. The fraction of sp³-hybridized carbons (Fsp3) is 0.130. The largest absolute Gasteiger partial charge is 0.435 e. The third-order valence-electron chi connectivity index (χ3n) is 4.76. The van der Waals surface area contributed by atoms with Gasteiger partial charge in [-0.2, -0.15) is 0 Å². The molecule has 0 spiro atoms. The highest BCUT2D eigenvalue weighted by atomic mass is 32.1. The molecular formula is C23H19F2N5O3S. The van der Waals surface area contributed by atoms with Gasteiger partial charge in [-0.1, -0.05) is 12.1 Å². The number of alkyl halides is 1. The molecule has 1 unspecified atom stereocenters. The zero-order valence-electron chi connectivity index (χ0n) is 17.8. The summed E-state index contributed by atoms with van der Waals surface area (Å²) in [7, 11) is 0. The molecule has 0 aliphatic carbocycles. The van der Waals surface area contributed by atoms with Crippen LogP contribution in [0.3, 0.4) is 0 Å². The van der Waals surface area contributed by atoms with Gasteiger partial charge in [0.05, 0.1) is 12.1 Å². The van der Waals surface area contributed by atoms with Crippen LogP contribution < -0.4 is 21.1 Å². The number of amides is 2. The van der Waals surface area contributed by atoms with Crippen molar-refractivity contribution in [2.45, 2.75) is 19.6 Å². The maximum absolute atomic E-state index is 14.6. The average molecular weight is 484 g/mol. The van der Waals surface area contributed by atoms with Gasteiger partial charge in [-0.3, -0.25) is 9.59 Å². The standard InChI is InChI=1S/C23H19F2N5O3S/c1-12-20(14-5-7-18(25)28-11-14)30-23(34-12)29-19(31)10-13-4-6-17(16(24)9-13)33-22-15(21(26)32)3-2-8-27-22/h2-9,11,18,28H,10H2,1H3,(H2,26,32)(H,29,30,31). The molecule has 11 heteroatoms. The lowest BCUT2D eigenvalue weighted by molar-refractivity contribution is -0.115. The van der Waals surface area contributed by atoms with Crippen LogP contribution in [-0.2, 0) is 11.2 Å². The van der Waals surface area contributed by atoms with Crippen molar-refractivity contribution in [1.29, 1.82) is 0 Å². The van der Waals surface area contributed by atoms with Gasteiger partial charge in [0.15, 0.2) is 23.0 Å². The molecule has 3 aromatic rings. The van der Waals surface area contributed by atoms with Crippen molar-refractivity contribution in [3.05, 3.63) is 82.4 Å². The third kappa shape index (κ3) is 5.26. The molecule has 0 saturated heterocycles. The summed E-state index contributed by atoms with van der Waals surface area (Å²) in [6.07, 6.45) is 4.57. The number of benzene rings is 1. The third-order valence-corrected chi connectivity index (χ3v) is 5.65. The van der Waals surface area contributed by atoms with Gasteiger partial charge in [-0.15, -0.1) is 11.3 Å². The Bertz CT molecular complexity index is 1320. The molecule has 2 aromatic heterocycles. The van der Waals surface area contributed by atoms with E-state index < -0.39 is 18.0 Å². The molecule has 34 heavy (non-hydrogen) atoms. The maximum Gasteiger partial charge on any atom is 0.254 e. The van der Waals surface area contributed by atoms with Crippen molar-refractivity contribution in [2.75, 3.05) is 5.32 Å². The van der Waals surface area contributed by atoms with Crippen molar-refractivity contribution in [3.8, 4) is 11.6 Å². The first-order valence-electron chi connectivity index (χ1n) is 10.1. The van der Waals surface area contributed by atoms with Crippen LogP contribution in [0.2, 0.25) is 0 Å². The van der Waals surface area contributed by atoms with Crippen LogP contribution in [0.25, 0.3) is 5.57 Å². The molecule has 0 bridgehead atoms. The van der Waals surface area contributed by atoms with Gasteiger partial charge in [0, 0.05) is 22.8 Å². The Balaban J connectivity index is 1.42. The second kappa shape index (κ2) is 9.79. The fourth-order valence-electron chi connectivity index (χ4n) is 3.18. The maximum atomic E-state index is 14.6. The Morgan fingerprint density at radius 3 is 2.85 bits per heavy atom. The second-order valence-corrected chi connectivity index (χ2v) is 8.47. The summed E-state index contributed by atoms with van der Waals surface area (Å²) < 4.78 is 33.2. The lowest BCUT2D eigenvalue weighted by Gasteiger charge is -2.10. The number of anilines is 1. The summed E-state index contributed by atoms with van der Waals surface area (Å²) in [6.45, 7) is 1.85. The predicted octanol–water partition coefficient (Wildman–Crippen LogP) is 3.85. The van der Waals surface area contributed by atoms with Crippen LogP contribution in [0, 0.1) is 12.7 Å². The van der Waals surface area contributed by atoms with E-state index in [9.17, 15) is 18.4 Å². The number of ether oxygens (including phenoxy) is 1. The van der Waals surface area contributed by atoms with E-state index in [0.717, 1.165) is 10.9 Å². The molecule has 0 saturated carbocycles. The van der Waals surface area contributed by atoms with Crippen LogP contribution in [-0.4, -0.2) is 28.1 Å². The predicted molar refractivity (Wildman–Crippen MR) is 124 cm³/mol. The van der Waals surface area contributed by atoms with Crippen molar-refractivity contribution in [2.24, 2.45) is 5.73 Å². The molecule has 1 aliphatic heterocycles. The molecule has 1 aromatic carbocycles. The number of nitrogens with two attached hydrogens (primary N) is 1. The minimum absolute atomic E-state index is 0.0169. The van der Waals surface area contributed by atoms with E-state index in [1.165, 1.54) is 54.1 Å². The highest BCUT2D eigenvalue weighted by Crippen LogP contribution is 2.30. The monoisotopic (exact) mass is 483 g/mol. The van der Waals surface area contributed by atoms with Crippen molar-refractivity contribution in [1.82, 2.24) is 15.3 Å². The average Bonchev–Trinajstić information content (AvgIpc) is 3.16. The molecule has 8 nitrogen and oxygen atoms in total. The lowest BCUT2D eigenvalue weighted by Crippen LogP contribution is -2.19. The first kappa shape index (κ1) is 23.1. The van der Waals surface area contributed by atoms with Crippen molar-refractivity contribution in [3.63, 3.8) is 0 Å². The summed E-state index contributed by atoms with van der Waals surface area (Å²) >= 11 is 1.28. The topological polar surface area (TPSA) is 119 Å². The van der Waals surface area contributed by atoms with E-state index in [-0.39, 0.29) is 29.5 Å². The number of pyridine rings is 1. The quantitative estimate of drug-likeness (QED) is 0.439. The van der Waals surface area contributed by atoms with Crippen LogP contribution >= 0.6 is 11.3 Å². The number of nitrogens with zero attached hydrogens (tertiary/aromatic N) is 2. The van der Waals surface area contributed by atoms with Gasteiger partial charge in [0.25, 0.3) is 5.91 Å². The number of hydrogen-bond acceptors (Lipinski definition) is 7. The minimum atomic E-state index is -1.24. The Kier molecular flexibility index (Phi) is 6.64. The zero-order valence-corrected chi connectivity index (χ0v) is 18.7. The Hall–Kier alpha value is -4.12. The zero-order chi connectivity index (χ0) is 24.2. The normalized spacial score (nSPS) is 14.8. The van der Waals surface area contributed by atoms with Gasteiger partial charge in [0.2, 0.25) is 11.8 Å². The minimum Gasteiger partial charge on any atom is -0.435 e. The summed E-state index contributed by atoms with van der Waals surface area (Å²) in [5.74, 6) is -2.15. The van der Waals surface area contributed by atoms with Crippen LogP contribution in [0.1, 0.15) is 26.5 Å². The van der Waals surface area contributed by atoms with Crippen LogP contribution in [0.15, 0.2) is 54.9 Å². The number of aromatic nitrogens is 2. The molecule has 0 radical (unpaired) electrons. The van der Waals surface area contributed by atoms with E-state index in [4.69, 9.17) is 10.5 Å². The summed E-state index contributed by atoms with van der Waals surface area (Å²) in [6, 6.07) is 6.96. The molecule has 174 valence electrons. The van der Waals surface area contributed by atoms with E-state index in [1.807, 2.05) is 6.92 Å². The van der Waals surface area contributed by atoms with Gasteiger partial charge >= 0.3 is 0 Å². The summed E-state index contributed by atoms with van der Waals surface area (Å²) in [5.41, 5.74) is 7.04. The number of halogens is 2. The molecular weight excluding hydrogens is 464 g/mol. The second-order valence-electron chi connectivity index (χ2n) is 7.26. The number of carbonyl (C=O) groups excluding carboxylic acids is 2. The highest BCUT2D eigenvalue weighted by Gasteiger charge is 2.17. The van der Waals surface area contributed by atoms with E-state index >= 15 is 0 Å². The number of primary amides is 1. The van der Waals surface area contributed by atoms with Gasteiger partial charge < -0.3 is 21.1 Å². The number of aryl methyl sites for hydroxylation is 1. The Morgan fingerprint density at radius 2 is 2.15 bits per heavy atom. The van der Waals surface area contributed by atoms with E-state index in [2.05, 4.69) is 20.6 Å². The number of hydrogen-bond donors (Lipinski definition) is 3. The van der Waals surface area contributed by atoms with Crippen LogP contribution in [0.4, 0.5) is 13.9 Å². The molecule has 4 rings (SSSR count). The number of nitrogens with one attached hydrogen (secondary N) is 2. The SMILES string of the molecule is Cc1sc(NC(=O)Cc2ccc(Oc3ncccc3C(N)=O)c(F)c2)nc1C1=CNC(F)C=C1. The number of allylic oxidation sites excluding steroid dienone is 2. The summed E-state index contributed by atoms with van der Waals surface area (Å²) in [4.78, 5) is 33.1. The highest BCUT2D eigenvalue weighted by molar-refractivity contribution is 7.15. The van der Waals surface area contributed by atoms with Gasteiger partial charge in [-0.05, 0) is 42.8 Å². The molecule has 0 fully saturated rings. The lowest BCUT2D eigenvalue weighted by atomic mass is 10.1. The Morgan fingerprint density at radius 1 is 1.32 bits per heavy atom. The smallest absolute Gasteiger partial charge is 0.254 e. The van der Waals surface area contributed by atoms with Crippen molar-refractivity contribution < 1.29 is 23.1 Å². The molecule has 3 heterocycles. The van der Waals surface area contributed by atoms with E-state index in [0.29, 0.717) is 22.0 Å².